The second-order valence-corrected chi connectivity index (χ2v) is 21.3. The van der Waals surface area contributed by atoms with Gasteiger partial charge in [-0.05, 0) is 44.9 Å². The molecule has 2 N–H and O–H groups in total. The van der Waals surface area contributed by atoms with Crippen LogP contribution in [-0.4, -0.2) is 68.5 Å². The van der Waals surface area contributed by atoms with Crippen molar-refractivity contribution >= 4 is 13.7 Å². The number of nitrogens with one attached hydrogen (secondary N) is 1. The van der Waals surface area contributed by atoms with Crippen molar-refractivity contribution in [2.45, 2.75) is 270 Å². The molecule has 9 heteroatoms. The van der Waals surface area contributed by atoms with Gasteiger partial charge in [0.2, 0.25) is 5.91 Å². The van der Waals surface area contributed by atoms with E-state index in [2.05, 4.69) is 55.6 Å². The Bertz CT molecular complexity index is 1140. The lowest BCUT2D eigenvalue weighted by atomic mass is 10.0. The van der Waals surface area contributed by atoms with Gasteiger partial charge in [0.1, 0.15) is 13.2 Å². The van der Waals surface area contributed by atoms with Gasteiger partial charge >= 0.3 is 0 Å². The Kier molecular flexibility index (Phi) is 45.9. The third-order valence-corrected chi connectivity index (χ3v) is 13.4. The molecule has 0 fully saturated rings. The lowest BCUT2D eigenvalue weighted by molar-refractivity contribution is -0.870. The average molecular weight is 923 g/mol. The first-order valence-corrected chi connectivity index (χ1v) is 28.8. The van der Waals surface area contributed by atoms with Crippen molar-refractivity contribution < 1.29 is 32.9 Å². The Morgan fingerprint density at radius 2 is 0.953 bits per heavy atom. The van der Waals surface area contributed by atoms with E-state index in [1.54, 1.807) is 0 Å². The predicted molar refractivity (Wildman–Crippen MR) is 275 cm³/mol. The van der Waals surface area contributed by atoms with Crippen LogP contribution in [0.1, 0.15) is 258 Å². The van der Waals surface area contributed by atoms with E-state index in [0.717, 1.165) is 77.0 Å². The highest BCUT2D eigenvalue weighted by Gasteiger charge is 2.24. The normalized spacial score (nSPS) is 14.3. The molecule has 0 aromatic heterocycles. The van der Waals surface area contributed by atoms with Crippen LogP contribution >= 0.6 is 7.82 Å². The summed E-state index contributed by atoms with van der Waals surface area (Å²) in [5, 5.41) is 14.0. The van der Waals surface area contributed by atoms with E-state index < -0.39 is 20.0 Å². The fourth-order valence-electron chi connectivity index (χ4n) is 8.12. The van der Waals surface area contributed by atoms with E-state index in [4.69, 9.17) is 9.05 Å². The number of aliphatic hydroxyl groups excluding tert-OH is 1. The van der Waals surface area contributed by atoms with Gasteiger partial charge in [0.15, 0.2) is 0 Å². The number of rotatable bonds is 50. The van der Waals surface area contributed by atoms with E-state index in [1.807, 2.05) is 21.1 Å². The van der Waals surface area contributed by atoms with E-state index in [-0.39, 0.29) is 19.1 Å². The van der Waals surface area contributed by atoms with Gasteiger partial charge in [0.05, 0.1) is 39.9 Å². The van der Waals surface area contributed by atoms with Crippen LogP contribution in [0.5, 0.6) is 0 Å². The lowest BCUT2D eigenvalue weighted by Gasteiger charge is -2.30. The zero-order valence-corrected chi connectivity index (χ0v) is 43.9. The number of hydrogen-bond acceptors (Lipinski definition) is 6. The number of amides is 1. The third kappa shape index (κ3) is 48.6. The molecule has 0 rings (SSSR count). The number of phosphoric acid groups is 1. The number of phosphoric ester groups is 1. The van der Waals surface area contributed by atoms with Crippen molar-refractivity contribution in [3.8, 4) is 0 Å². The average Bonchev–Trinajstić information content (AvgIpc) is 3.25. The molecular formula is C55H107N2O6P. The van der Waals surface area contributed by atoms with Crippen LogP contribution in [0.4, 0.5) is 0 Å². The van der Waals surface area contributed by atoms with Gasteiger partial charge in [0, 0.05) is 6.42 Å². The molecule has 0 spiro atoms. The van der Waals surface area contributed by atoms with Gasteiger partial charge in [0.25, 0.3) is 7.82 Å². The molecule has 0 heterocycles. The second-order valence-electron chi connectivity index (χ2n) is 19.9. The molecule has 0 aliphatic rings. The molecule has 0 aliphatic heterocycles. The molecule has 3 atom stereocenters. The highest BCUT2D eigenvalue weighted by Crippen LogP contribution is 2.38. The number of unbranched alkanes of at least 4 members (excludes halogenated alkanes) is 31. The third-order valence-electron chi connectivity index (χ3n) is 12.4. The molecular weight excluding hydrogens is 816 g/mol. The van der Waals surface area contributed by atoms with Crippen LogP contribution in [0, 0.1) is 0 Å². The molecule has 378 valence electrons. The molecule has 0 saturated heterocycles. The first kappa shape index (κ1) is 62.7. The minimum atomic E-state index is -4.58. The zero-order chi connectivity index (χ0) is 47.1. The number of likely N-dealkylation sites (N-methyl/N-ethyl adjacent to an activating group) is 1. The fraction of sp³-hybridized carbons (Fsp3) is 0.873. The monoisotopic (exact) mass is 923 g/mol. The standard InChI is InChI=1S/C55H107N2O6P/c1-6-8-10-12-14-16-18-20-22-23-24-25-26-27-28-29-30-31-32-33-35-36-38-40-42-44-46-48-54(58)53(52-63-64(60,61)62-51-50-57(3,4)5)56-55(59)49-47-45-43-41-39-37-34-21-19-17-15-13-11-9-7-2/h9,11,15,17,21,34,53-54,58H,6-8,10,12-14,16,18-20,22-33,35-52H2,1-5H3,(H-,56,59,60,61)/b11-9-,17-15-,34-21-. The van der Waals surface area contributed by atoms with E-state index in [9.17, 15) is 19.4 Å². The van der Waals surface area contributed by atoms with Crippen LogP contribution < -0.4 is 10.2 Å². The lowest BCUT2D eigenvalue weighted by Crippen LogP contribution is -2.46. The zero-order valence-electron chi connectivity index (χ0n) is 43.0. The van der Waals surface area contributed by atoms with Crippen molar-refractivity contribution in [1.29, 1.82) is 0 Å². The summed E-state index contributed by atoms with van der Waals surface area (Å²) in [6, 6.07) is -0.810. The molecule has 1 amide bonds. The quantitative estimate of drug-likeness (QED) is 0.0272. The Morgan fingerprint density at radius 3 is 1.39 bits per heavy atom. The molecule has 0 aromatic carbocycles. The van der Waals surface area contributed by atoms with Gasteiger partial charge < -0.3 is 28.8 Å². The van der Waals surface area contributed by atoms with Gasteiger partial charge in [-0.3, -0.25) is 9.36 Å². The molecule has 0 saturated carbocycles. The number of carbonyl (C=O) groups excluding carboxylic acids is 1. The van der Waals surface area contributed by atoms with Gasteiger partial charge in [-0.15, -0.1) is 0 Å². The molecule has 8 nitrogen and oxygen atoms in total. The fourth-order valence-corrected chi connectivity index (χ4v) is 8.84. The summed E-state index contributed by atoms with van der Waals surface area (Å²) in [7, 11) is 1.29. The molecule has 3 unspecified atom stereocenters. The summed E-state index contributed by atoms with van der Waals surface area (Å²) in [5.41, 5.74) is 0. The summed E-state index contributed by atoms with van der Waals surface area (Å²) in [5.74, 6) is -0.180. The SMILES string of the molecule is CC/C=C\C/C=C\C/C=C\CCCCCCCC(=O)NC(COP(=O)([O-])OCC[N+](C)(C)C)C(O)CCCCCCCCCCCCCCCCCCCCCCCCCCCCC. The minimum absolute atomic E-state index is 0.00823. The number of carbonyl (C=O) groups is 1. The first-order chi connectivity index (χ1) is 31.0. The molecule has 0 bridgehead atoms. The molecule has 0 radical (unpaired) electrons. The summed E-state index contributed by atoms with van der Waals surface area (Å²) in [4.78, 5) is 25.4. The Labute approximate surface area is 397 Å². The minimum Gasteiger partial charge on any atom is -0.756 e. The summed E-state index contributed by atoms with van der Waals surface area (Å²) in [6.45, 7) is 4.62. The Hall–Kier alpha value is -1.28. The van der Waals surface area contributed by atoms with Crippen LogP contribution in [0.3, 0.4) is 0 Å². The summed E-state index contributed by atoms with van der Waals surface area (Å²) in [6.07, 6.45) is 58.9. The van der Waals surface area contributed by atoms with E-state index >= 15 is 0 Å². The number of hydrogen-bond donors (Lipinski definition) is 2. The Balaban J connectivity index is 4.13. The maximum absolute atomic E-state index is 12.9. The Morgan fingerprint density at radius 1 is 0.562 bits per heavy atom. The molecule has 64 heavy (non-hydrogen) atoms. The number of nitrogens with zero attached hydrogens (tertiary/aromatic N) is 1. The summed E-state index contributed by atoms with van der Waals surface area (Å²) < 4.78 is 23.4. The van der Waals surface area contributed by atoms with Gasteiger partial charge in [-0.2, -0.15) is 0 Å². The highest BCUT2D eigenvalue weighted by molar-refractivity contribution is 7.45. The van der Waals surface area contributed by atoms with Crippen molar-refractivity contribution in [2.75, 3.05) is 40.9 Å². The topological polar surface area (TPSA) is 108 Å². The molecule has 0 aromatic rings. The smallest absolute Gasteiger partial charge is 0.268 e. The summed E-state index contributed by atoms with van der Waals surface area (Å²) >= 11 is 0. The highest BCUT2D eigenvalue weighted by atomic mass is 31.2. The van der Waals surface area contributed by atoms with Crippen LogP contribution in [0.2, 0.25) is 0 Å². The van der Waals surface area contributed by atoms with Gasteiger partial charge in [-0.25, -0.2) is 0 Å². The predicted octanol–water partition coefficient (Wildman–Crippen LogP) is 15.6. The van der Waals surface area contributed by atoms with E-state index in [1.165, 1.54) is 154 Å². The van der Waals surface area contributed by atoms with Crippen molar-refractivity contribution in [3.05, 3.63) is 36.5 Å². The van der Waals surface area contributed by atoms with Gasteiger partial charge in [-0.1, -0.05) is 243 Å². The van der Waals surface area contributed by atoms with Crippen LogP contribution in [-0.2, 0) is 18.4 Å². The number of aliphatic hydroxyl groups is 1. The van der Waals surface area contributed by atoms with Crippen molar-refractivity contribution in [1.82, 2.24) is 5.32 Å². The van der Waals surface area contributed by atoms with Crippen LogP contribution in [0.15, 0.2) is 36.5 Å². The maximum atomic E-state index is 12.9. The van der Waals surface area contributed by atoms with Crippen molar-refractivity contribution in [3.63, 3.8) is 0 Å². The molecule has 0 aliphatic carbocycles. The van der Waals surface area contributed by atoms with Crippen LogP contribution in [0.25, 0.3) is 0 Å². The van der Waals surface area contributed by atoms with Crippen molar-refractivity contribution in [2.24, 2.45) is 0 Å². The second kappa shape index (κ2) is 46.8. The number of quaternary nitrogens is 1. The largest absolute Gasteiger partial charge is 0.756 e. The number of allylic oxidation sites excluding steroid dienone is 6. The first-order valence-electron chi connectivity index (χ1n) is 27.3. The van der Waals surface area contributed by atoms with E-state index in [0.29, 0.717) is 23.9 Å². The maximum Gasteiger partial charge on any atom is 0.268 e.